The zero-order valence-electron chi connectivity index (χ0n) is 11.2. The van der Waals surface area contributed by atoms with E-state index < -0.39 is 0 Å². The Balaban J connectivity index is 2.36. The highest BCUT2D eigenvalue weighted by atomic mass is 79.9. The Hall–Kier alpha value is -1.07. The van der Waals surface area contributed by atoms with Crippen LogP contribution in [-0.4, -0.2) is 31.2 Å². The Morgan fingerprint density at radius 3 is 2.84 bits per heavy atom. The number of carbonyl (C=O) groups excluding carboxylic acids is 1. The second-order valence-electron chi connectivity index (χ2n) is 3.91. The van der Waals surface area contributed by atoms with Crippen LogP contribution in [0, 0.1) is 0 Å². The summed E-state index contributed by atoms with van der Waals surface area (Å²) >= 11 is 3.19. The molecule has 0 aliphatic heterocycles. The number of ether oxygens (including phenoxy) is 2. The number of unbranched alkanes of at least 4 members (excludes halogenated alkanes) is 1. The highest BCUT2D eigenvalue weighted by Gasteiger charge is 2.10. The maximum Gasteiger partial charge on any atom is 0.255 e. The van der Waals surface area contributed by atoms with E-state index in [9.17, 15) is 4.79 Å². The Morgan fingerprint density at radius 1 is 1.32 bits per heavy atom. The normalized spacial score (nSPS) is 10.2. The van der Waals surface area contributed by atoms with Crippen molar-refractivity contribution in [2.24, 2.45) is 0 Å². The largest absolute Gasteiger partial charge is 0.482 e. The summed E-state index contributed by atoms with van der Waals surface area (Å²) in [6.45, 7) is 4.11. The van der Waals surface area contributed by atoms with Gasteiger partial charge in [0.25, 0.3) is 5.91 Å². The van der Waals surface area contributed by atoms with Crippen molar-refractivity contribution in [3.63, 3.8) is 0 Å². The van der Waals surface area contributed by atoms with Crippen molar-refractivity contribution in [2.75, 3.05) is 25.3 Å². The first-order chi connectivity index (χ1) is 9.29. The van der Waals surface area contributed by atoms with Gasteiger partial charge in [0, 0.05) is 19.8 Å². The minimum absolute atomic E-state index is 0.104. The van der Waals surface area contributed by atoms with Crippen molar-refractivity contribution in [1.29, 1.82) is 0 Å². The van der Waals surface area contributed by atoms with E-state index in [1.807, 2.05) is 19.1 Å². The molecule has 106 valence electrons. The molecule has 1 aromatic carbocycles. The molecule has 0 atom stereocenters. The highest BCUT2D eigenvalue weighted by molar-refractivity contribution is 9.09. The number of para-hydroxylation sites is 1. The third-order valence-corrected chi connectivity index (χ3v) is 2.78. The van der Waals surface area contributed by atoms with Crippen LogP contribution < -0.4 is 10.1 Å². The van der Waals surface area contributed by atoms with Crippen molar-refractivity contribution < 1.29 is 14.3 Å². The Kier molecular flexibility index (Phi) is 8.25. The second kappa shape index (κ2) is 9.81. The lowest BCUT2D eigenvalue weighted by atomic mass is 10.2. The standard InChI is InChI=1S/C14H20BrNO3/c1-2-18-10-6-5-9-16-14(17)12-7-3-4-8-13(12)19-11-15/h3-4,7-8H,2,5-6,9-11H2,1H3,(H,16,17). The number of alkyl halides is 1. The van der Waals surface area contributed by atoms with Crippen LogP contribution in [0.15, 0.2) is 24.3 Å². The van der Waals surface area contributed by atoms with E-state index in [0.29, 0.717) is 23.4 Å². The molecule has 0 bridgehead atoms. The molecule has 0 saturated carbocycles. The molecule has 1 aromatic rings. The number of halogens is 1. The van der Waals surface area contributed by atoms with Gasteiger partial charge in [0.05, 0.1) is 5.56 Å². The monoisotopic (exact) mass is 329 g/mol. The maximum atomic E-state index is 12.0. The van der Waals surface area contributed by atoms with Crippen molar-refractivity contribution in [3.05, 3.63) is 29.8 Å². The van der Waals surface area contributed by atoms with Gasteiger partial charge in [-0.3, -0.25) is 4.79 Å². The predicted octanol–water partition coefficient (Wildman–Crippen LogP) is 2.96. The predicted molar refractivity (Wildman–Crippen MR) is 78.9 cm³/mol. The molecule has 0 heterocycles. The minimum Gasteiger partial charge on any atom is -0.482 e. The quantitative estimate of drug-likeness (QED) is 0.559. The first-order valence-electron chi connectivity index (χ1n) is 6.43. The van der Waals surface area contributed by atoms with Crippen molar-refractivity contribution in [3.8, 4) is 5.75 Å². The summed E-state index contributed by atoms with van der Waals surface area (Å²) < 4.78 is 10.6. The van der Waals surface area contributed by atoms with E-state index in [4.69, 9.17) is 9.47 Å². The zero-order valence-corrected chi connectivity index (χ0v) is 12.7. The van der Waals surface area contributed by atoms with Gasteiger partial charge in [-0.05, 0) is 47.8 Å². The minimum atomic E-state index is -0.104. The van der Waals surface area contributed by atoms with Crippen LogP contribution in [0.2, 0.25) is 0 Å². The number of rotatable bonds is 9. The molecule has 0 radical (unpaired) electrons. The van der Waals surface area contributed by atoms with Crippen LogP contribution in [-0.2, 0) is 4.74 Å². The van der Waals surface area contributed by atoms with Crippen LogP contribution in [0.4, 0.5) is 0 Å². The van der Waals surface area contributed by atoms with E-state index >= 15 is 0 Å². The highest BCUT2D eigenvalue weighted by Crippen LogP contribution is 2.18. The first-order valence-corrected chi connectivity index (χ1v) is 7.55. The SMILES string of the molecule is CCOCCCCNC(=O)c1ccccc1OCBr. The molecule has 0 saturated heterocycles. The number of carbonyl (C=O) groups is 1. The Morgan fingerprint density at radius 2 is 2.11 bits per heavy atom. The third kappa shape index (κ3) is 6.07. The Bertz CT molecular complexity index is 385. The number of benzene rings is 1. The van der Waals surface area contributed by atoms with Crippen LogP contribution in [0.25, 0.3) is 0 Å². The van der Waals surface area contributed by atoms with Gasteiger partial charge in [0.2, 0.25) is 0 Å². The molecule has 0 fully saturated rings. The fourth-order valence-corrected chi connectivity index (χ4v) is 1.86. The fourth-order valence-electron chi connectivity index (χ4n) is 1.61. The number of hydrogen-bond donors (Lipinski definition) is 1. The summed E-state index contributed by atoms with van der Waals surface area (Å²) in [6.07, 6.45) is 1.86. The van der Waals surface area contributed by atoms with Gasteiger partial charge in [-0.25, -0.2) is 0 Å². The summed E-state index contributed by atoms with van der Waals surface area (Å²) in [5.41, 5.74) is 0.929. The summed E-state index contributed by atoms with van der Waals surface area (Å²) in [5, 5.41) is 2.88. The van der Waals surface area contributed by atoms with Gasteiger partial charge in [-0.2, -0.15) is 0 Å². The molecule has 5 heteroatoms. The summed E-state index contributed by atoms with van der Waals surface area (Å²) in [6, 6.07) is 7.21. The number of nitrogens with one attached hydrogen (secondary N) is 1. The molecule has 0 aromatic heterocycles. The van der Waals surface area contributed by atoms with E-state index in [2.05, 4.69) is 21.2 Å². The number of hydrogen-bond acceptors (Lipinski definition) is 3. The van der Waals surface area contributed by atoms with Gasteiger partial charge in [0.15, 0.2) is 0 Å². The molecule has 4 nitrogen and oxygen atoms in total. The van der Waals surface area contributed by atoms with Crippen molar-refractivity contribution >= 4 is 21.8 Å². The van der Waals surface area contributed by atoms with E-state index in [0.717, 1.165) is 26.1 Å². The topological polar surface area (TPSA) is 47.6 Å². The number of amides is 1. The lowest BCUT2D eigenvalue weighted by Crippen LogP contribution is -2.25. The molecule has 0 aliphatic carbocycles. The maximum absolute atomic E-state index is 12.0. The lowest BCUT2D eigenvalue weighted by molar-refractivity contribution is 0.0946. The van der Waals surface area contributed by atoms with Crippen molar-refractivity contribution in [1.82, 2.24) is 5.32 Å². The molecule has 1 rings (SSSR count). The van der Waals surface area contributed by atoms with Crippen LogP contribution in [0.5, 0.6) is 5.75 Å². The Labute approximate surface area is 122 Å². The van der Waals surface area contributed by atoms with Gasteiger partial charge in [-0.15, -0.1) is 0 Å². The molecule has 0 unspecified atom stereocenters. The second-order valence-corrected chi connectivity index (χ2v) is 4.37. The molecule has 1 amide bonds. The van der Waals surface area contributed by atoms with E-state index in [-0.39, 0.29) is 5.91 Å². The lowest BCUT2D eigenvalue weighted by Gasteiger charge is -2.10. The van der Waals surface area contributed by atoms with Gasteiger partial charge >= 0.3 is 0 Å². The van der Waals surface area contributed by atoms with Gasteiger partial charge in [0.1, 0.15) is 11.3 Å². The average Bonchev–Trinajstić information content (AvgIpc) is 2.43. The van der Waals surface area contributed by atoms with Crippen LogP contribution in [0.3, 0.4) is 0 Å². The average molecular weight is 330 g/mol. The summed E-state index contributed by atoms with van der Waals surface area (Å²) in [7, 11) is 0. The summed E-state index contributed by atoms with van der Waals surface area (Å²) in [4.78, 5) is 12.0. The van der Waals surface area contributed by atoms with E-state index in [1.165, 1.54) is 0 Å². The molecule has 0 aliphatic rings. The third-order valence-electron chi connectivity index (χ3n) is 2.55. The fraction of sp³-hybridized carbons (Fsp3) is 0.500. The zero-order chi connectivity index (χ0) is 13.9. The molecular weight excluding hydrogens is 310 g/mol. The molecular formula is C14H20BrNO3. The smallest absolute Gasteiger partial charge is 0.255 e. The summed E-state index contributed by atoms with van der Waals surface area (Å²) in [5.74, 6) is 0.485. The van der Waals surface area contributed by atoms with Gasteiger partial charge in [-0.1, -0.05) is 12.1 Å². The van der Waals surface area contributed by atoms with E-state index in [1.54, 1.807) is 12.1 Å². The molecule has 1 N–H and O–H groups in total. The van der Waals surface area contributed by atoms with Crippen LogP contribution in [0.1, 0.15) is 30.1 Å². The molecule has 19 heavy (non-hydrogen) atoms. The molecule has 0 spiro atoms. The van der Waals surface area contributed by atoms with Crippen LogP contribution >= 0.6 is 15.9 Å². The van der Waals surface area contributed by atoms with Gasteiger partial charge < -0.3 is 14.8 Å². The first kappa shape index (κ1) is 16.0. The van der Waals surface area contributed by atoms with Crippen molar-refractivity contribution in [2.45, 2.75) is 19.8 Å².